The van der Waals surface area contributed by atoms with Gasteiger partial charge in [-0.25, -0.2) is 4.99 Å². The predicted octanol–water partition coefficient (Wildman–Crippen LogP) is 5.68. The molecule has 3 aromatic carbocycles. The second-order valence-electron chi connectivity index (χ2n) is 8.02. The smallest absolute Gasteiger partial charge is 0.283 e. The van der Waals surface area contributed by atoms with E-state index in [-0.39, 0.29) is 17.6 Å². The van der Waals surface area contributed by atoms with Crippen LogP contribution in [-0.2, 0) is 9.59 Å². The van der Waals surface area contributed by atoms with Gasteiger partial charge in [-0.1, -0.05) is 48.2 Å². The first-order valence-electron chi connectivity index (χ1n) is 11.5. The number of para-hydroxylation sites is 1. The summed E-state index contributed by atoms with van der Waals surface area (Å²) in [5, 5.41) is 4.45. The molecule has 1 aromatic heterocycles. The molecular weight excluding hydrogens is 472 g/mol. The quantitative estimate of drug-likeness (QED) is 0.322. The molecule has 2 amide bonds. The van der Waals surface area contributed by atoms with Gasteiger partial charge >= 0.3 is 0 Å². The number of benzene rings is 3. The Morgan fingerprint density at radius 1 is 1.08 bits per heavy atom. The summed E-state index contributed by atoms with van der Waals surface area (Å²) in [7, 11) is 0. The summed E-state index contributed by atoms with van der Waals surface area (Å²) < 4.78 is 5.49. The molecular formula is C28H24N4O3S. The van der Waals surface area contributed by atoms with Crippen molar-refractivity contribution in [1.82, 2.24) is 4.98 Å². The summed E-state index contributed by atoms with van der Waals surface area (Å²) in [6.07, 6.45) is 3.60. The van der Waals surface area contributed by atoms with E-state index in [1.807, 2.05) is 92.0 Å². The van der Waals surface area contributed by atoms with Crippen molar-refractivity contribution in [2.45, 2.75) is 6.92 Å². The summed E-state index contributed by atoms with van der Waals surface area (Å²) in [4.78, 5) is 35.3. The molecule has 0 fully saturated rings. The number of nitrogens with one attached hydrogen (secondary N) is 2. The summed E-state index contributed by atoms with van der Waals surface area (Å²) in [5.41, 5.74) is 3.49. The van der Waals surface area contributed by atoms with E-state index in [1.54, 1.807) is 11.0 Å². The van der Waals surface area contributed by atoms with Crippen LogP contribution in [0.4, 0.5) is 11.4 Å². The molecule has 0 aliphatic carbocycles. The van der Waals surface area contributed by atoms with Crippen LogP contribution in [0, 0.1) is 0 Å². The number of aliphatic imine (C=N–C) groups is 1. The van der Waals surface area contributed by atoms with Gasteiger partial charge in [0.25, 0.3) is 5.91 Å². The molecule has 0 spiro atoms. The summed E-state index contributed by atoms with van der Waals surface area (Å²) >= 11 is 1.22. The van der Waals surface area contributed by atoms with E-state index in [1.165, 1.54) is 11.8 Å². The number of amides is 2. The van der Waals surface area contributed by atoms with Crippen LogP contribution in [0.5, 0.6) is 5.75 Å². The molecule has 0 saturated carbocycles. The van der Waals surface area contributed by atoms with Crippen LogP contribution in [0.1, 0.15) is 12.5 Å². The molecule has 7 nitrogen and oxygen atoms in total. The van der Waals surface area contributed by atoms with Crippen LogP contribution in [0.15, 0.2) is 95.7 Å². The molecule has 4 aromatic rings. The Morgan fingerprint density at radius 2 is 1.89 bits per heavy atom. The first-order valence-corrected chi connectivity index (χ1v) is 12.5. The Balaban J connectivity index is 1.34. The van der Waals surface area contributed by atoms with Gasteiger partial charge in [0.15, 0.2) is 5.17 Å². The second-order valence-corrected chi connectivity index (χ2v) is 8.96. The van der Waals surface area contributed by atoms with E-state index in [2.05, 4.69) is 15.3 Å². The summed E-state index contributed by atoms with van der Waals surface area (Å²) in [6, 6.07) is 24.5. The zero-order chi connectivity index (χ0) is 24.9. The minimum Gasteiger partial charge on any atom is -0.494 e. The van der Waals surface area contributed by atoms with Crippen molar-refractivity contribution in [2.75, 3.05) is 22.6 Å². The van der Waals surface area contributed by atoms with Crippen LogP contribution in [0.3, 0.4) is 0 Å². The Morgan fingerprint density at radius 3 is 2.67 bits per heavy atom. The third kappa shape index (κ3) is 5.18. The van der Waals surface area contributed by atoms with E-state index in [0.717, 1.165) is 22.2 Å². The van der Waals surface area contributed by atoms with Crippen molar-refractivity contribution in [3.8, 4) is 5.75 Å². The number of amidine groups is 1. The number of aromatic nitrogens is 1. The van der Waals surface area contributed by atoms with Crippen molar-refractivity contribution < 1.29 is 14.3 Å². The first kappa shape index (κ1) is 23.4. The zero-order valence-corrected chi connectivity index (χ0v) is 20.4. The fourth-order valence-electron chi connectivity index (χ4n) is 3.84. The van der Waals surface area contributed by atoms with Crippen molar-refractivity contribution in [1.29, 1.82) is 0 Å². The maximum atomic E-state index is 13.3. The van der Waals surface area contributed by atoms with E-state index in [0.29, 0.717) is 28.8 Å². The van der Waals surface area contributed by atoms with Gasteiger partial charge in [0.1, 0.15) is 11.4 Å². The number of rotatable bonds is 7. The molecule has 180 valence electrons. The number of aromatic amines is 1. The van der Waals surface area contributed by atoms with E-state index in [4.69, 9.17) is 4.74 Å². The summed E-state index contributed by atoms with van der Waals surface area (Å²) in [5.74, 6) is 0.451. The monoisotopic (exact) mass is 496 g/mol. The lowest BCUT2D eigenvalue weighted by atomic mass is 10.2. The highest BCUT2D eigenvalue weighted by Crippen LogP contribution is 2.30. The predicted molar refractivity (Wildman–Crippen MR) is 146 cm³/mol. The number of hydrogen-bond acceptors (Lipinski definition) is 5. The van der Waals surface area contributed by atoms with Gasteiger partial charge < -0.3 is 15.0 Å². The minimum absolute atomic E-state index is 0.106. The Bertz CT molecular complexity index is 1460. The second kappa shape index (κ2) is 10.5. The molecule has 5 rings (SSSR count). The van der Waals surface area contributed by atoms with Crippen LogP contribution in [0.25, 0.3) is 17.0 Å². The first-order chi connectivity index (χ1) is 17.6. The topological polar surface area (TPSA) is 86.8 Å². The maximum Gasteiger partial charge on any atom is 0.283 e. The van der Waals surface area contributed by atoms with Crippen molar-refractivity contribution in [2.24, 2.45) is 4.99 Å². The minimum atomic E-state index is -0.241. The molecule has 2 N–H and O–H groups in total. The van der Waals surface area contributed by atoms with Crippen LogP contribution in [0.2, 0.25) is 0 Å². The van der Waals surface area contributed by atoms with Crippen LogP contribution >= 0.6 is 11.8 Å². The van der Waals surface area contributed by atoms with Crippen molar-refractivity contribution in [3.63, 3.8) is 0 Å². The molecule has 1 aliphatic heterocycles. The number of fused-ring (bicyclic) bond motifs is 1. The largest absolute Gasteiger partial charge is 0.494 e. The highest BCUT2D eigenvalue weighted by Gasteiger charge is 2.32. The standard InChI is InChI=1S/C28H24N4O3S/c1-2-35-23-12-8-19(9-13-23)16-25-27(34)32(22-6-4-3-5-7-22)28(31-25)36-18-26(33)30-21-11-10-20-14-15-29-24(20)17-21/h3-17,29H,2,18H2,1H3,(H,30,33)/b25-16-. The number of carbonyl (C=O) groups excluding carboxylic acids is 2. The normalized spacial score (nSPS) is 14.4. The van der Waals surface area contributed by atoms with Gasteiger partial charge in [-0.2, -0.15) is 0 Å². The third-order valence-electron chi connectivity index (χ3n) is 5.51. The lowest BCUT2D eigenvalue weighted by Crippen LogP contribution is -2.31. The number of nitrogens with zero attached hydrogens (tertiary/aromatic N) is 2. The van der Waals surface area contributed by atoms with E-state index < -0.39 is 0 Å². The zero-order valence-electron chi connectivity index (χ0n) is 19.6. The highest BCUT2D eigenvalue weighted by atomic mass is 32.2. The maximum absolute atomic E-state index is 13.3. The number of anilines is 2. The third-order valence-corrected chi connectivity index (χ3v) is 6.45. The lowest BCUT2D eigenvalue weighted by Gasteiger charge is -2.17. The Kier molecular flexibility index (Phi) is 6.86. The van der Waals surface area contributed by atoms with Gasteiger partial charge in [-0.15, -0.1) is 0 Å². The number of carbonyl (C=O) groups is 2. The SMILES string of the molecule is CCOc1ccc(/C=C2\N=C(SCC(=O)Nc3ccc4cc[nH]c4c3)N(c3ccccc3)C2=O)cc1. The van der Waals surface area contributed by atoms with Crippen molar-refractivity contribution >= 4 is 57.1 Å². The molecule has 0 saturated heterocycles. The average Bonchev–Trinajstić information content (AvgIpc) is 3.48. The van der Waals surface area contributed by atoms with Crippen molar-refractivity contribution in [3.05, 3.63) is 96.3 Å². The Hall–Kier alpha value is -4.30. The number of H-pyrrole nitrogens is 1. The van der Waals surface area contributed by atoms with Gasteiger partial charge in [0.05, 0.1) is 18.0 Å². The van der Waals surface area contributed by atoms with Gasteiger partial charge in [0.2, 0.25) is 5.91 Å². The molecule has 0 atom stereocenters. The fourth-order valence-corrected chi connectivity index (χ4v) is 4.65. The van der Waals surface area contributed by atoms with Gasteiger partial charge in [-0.05, 0) is 66.4 Å². The molecule has 8 heteroatoms. The molecule has 36 heavy (non-hydrogen) atoms. The van der Waals surface area contributed by atoms with Crippen LogP contribution in [-0.4, -0.2) is 34.3 Å². The fraction of sp³-hybridized carbons (Fsp3) is 0.107. The number of hydrogen-bond donors (Lipinski definition) is 2. The molecule has 2 heterocycles. The molecule has 0 unspecified atom stereocenters. The van der Waals surface area contributed by atoms with Gasteiger partial charge in [-0.3, -0.25) is 14.5 Å². The van der Waals surface area contributed by atoms with E-state index in [9.17, 15) is 9.59 Å². The van der Waals surface area contributed by atoms with Gasteiger partial charge in [0, 0.05) is 17.4 Å². The van der Waals surface area contributed by atoms with E-state index >= 15 is 0 Å². The number of thioether (sulfide) groups is 1. The number of ether oxygens (including phenoxy) is 1. The summed E-state index contributed by atoms with van der Waals surface area (Å²) in [6.45, 7) is 2.52. The molecule has 1 aliphatic rings. The Labute approximate surface area is 212 Å². The highest BCUT2D eigenvalue weighted by molar-refractivity contribution is 8.14. The van der Waals surface area contributed by atoms with Crippen LogP contribution < -0.4 is 15.0 Å². The molecule has 0 bridgehead atoms. The average molecular weight is 497 g/mol. The lowest BCUT2D eigenvalue weighted by molar-refractivity contribution is -0.114. The molecule has 0 radical (unpaired) electrons.